The van der Waals surface area contributed by atoms with Crippen molar-refractivity contribution >= 4 is 41.0 Å². The summed E-state index contributed by atoms with van der Waals surface area (Å²) in [4.78, 5) is 0. The second kappa shape index (κ2) is 5.06. The molecule has 0 spiro atoms. The molecule has 1 rings (SSSR count). The number of halogens is 3. The SMILES string of the molecule is C[PH](Cl)(Cl)N1CCNCC1.Cl. The van der Waals surface area contributed by atoms with Gasteiger partial charge < -0.3 is 0 Å². The zero-order valence-electron chi connectivity index (χ0n) is 6.44. The summed E-state index contributed by atoms with van der Waals surface area (Å²) < 4.78 is 2.19. The van der Waals surface area contributed by atoms with Crippen LogP contribution >= 0.6 is 41.0 Å². The molecular weight excluding hydrogens is 225 g/mol. The Morgan fingerprint density at radius 1 is 1.27 bits per heavy atom. The van der Waals surface area contributed by atoms with E-state index in [0.29, 0.717) is 0 Å². The fraction of sp³-hybridized carbons (Fsp3) is 1.00. The minimum Gasteiger partial charge on any atom is -0.147 e. The van der Waals surface area contributed by atoms with E-state index in [9.17, 15) is 0 Å². The van der Waals surface area contributed by atoms with Gasteiger partial charge in [-0.3, -0.25) is 0 Å². The van der Waals surface area contributed by atoms with Crippen LogP contribution < -0.4 is 5.32 Å². The summed E-state index contributed by atoms with van der Waals surface area (Å²) in [7, 11) is 0. The summed E-state index contributed by atoms with van der Waals surface area (Å²) in [5.41, 5.74) is 0. The van der Waals surface area contributed by atoms with Crippen molar-refractivity contribution in [1.82, 2.24) is 9.99 Å². The number of rotatable bonds is 1. The third-order valence-corrected chi connectivity index (χ3v) is 4.66. The molecule has 1 aliphatic heterocycles. The number of nitrogens with one attached hydrogen (secondary N) is 1. The Bertz CT molecular complexity index is 111. The zero-order valence-corrected chi connectivity index (χ0v) is 9.77. The molecule has 0 saturated carbocycles. The molecule has 0 bridgehead atoms. The van der Waals surface area contributed by atoms with E-state index in [1.807, 2.05) is 6.66 Å². The number of hydrogen-bond donors (Lipinski definition) is 1. The minimum atomic E-state index is -2.02. The van der Waals surface area contributed by atoms with Crippen LogP contribution in [0.1, 0.15) is 0 Å². The van der Waals surface area contributed by atoms with Crippen molar-refractivity contribution in [2.75, 3.05) is 32.8 Å². The van der Waals surface area contributed by atoms with Gasteiger partial charge in [0, 0.05) is 0 Å². The standard InChI is InChI=1S/C5H13Cl2N2P.ClH/c1-10(6,7)9-4-2-8-3-5-9;/h8,10H,2-5H2,1H3;1H. The maximum absolute atomic E-state index is 6.01. The van der Waals surface area contributed by atoms with Crippen LogP contribution in [0.3, 0.4) is 0 Å². The smallest absolute Gasteiger partial charge is 0.147 e. The van der Waals surface area contributed by atoms with E-state index in [1.165, 1.54) is 0 Å². The van der Waals surface area contributed by atoms with Gasteiger partial charge in [0.2, 0.25) is 0 Å². The number of nitrogens with zero attached hydrogens (tertiary/aromatic N) is 1. The Labute approximate surface area is 84.0 Å². The van der Waals surface area contributed by atoms with Gasteiger partial charge in [-0.1, -0.05) is 0 Å². The van der Waals surface area contributed by atoms with E-state index < -0.39 is 6.12 Å². The monoisotopic (exact) mass is 238 g/mol. The third-order valence-electron chi connectivity index (χ3n) is 1.67. The average Bonchev–Trinajstić information content (AvgIpc) is 1.88. The molecular formula is C5H14Cl3N2P. The first-order valence-corrected chi connectivity index (χ1v) is 7.91. The summed E-state index contributed by atoms with van der Waals surface area (Å²) in [6.07, 6.45) is -2.02. The van der Waals surface area contributed by atoms with Gasteiger partial charge in [0.15, 0.2) is 0 Å². The minimum absolute atomic E-state index is 0. The first-order chi connectivity index (χ1) is 4.61. The van der Waals surface area contributed by atoms with Crippen LogP contribution in [0.15, 0.2) is 0 Å². The van der Waals surface area contributed by atoms with Crippen molar-refractivity contribution in [3.63, 3.8) is 0 Å². The largest absolute Gasteiger partial charge is 0.147 e. The molecule has 11 heavy (non-hydrogen) atoms. The van der Waals surface area contributed by atoms with Crippen molar-refractivity contribution in [3.8, 4) is 0 Å². The van der Waals surface area contributed by atoms with Crippen molar-refractivity contribution in [1.29, 1.82) is 0 Å². The van der Waals surface area contributed by atoms with Crippen molar-refractivity contribution < 1.29 is 0 Å². The van der Waals surface area contributed by atoms with Gasteiger partial charge in [-0.2, -0.15) is 0 Å². The van der Waals surface area contributed by atoms with Crippen LogP contribution in [0.2, 0.25) is 0 Å². The van der Waals surface area contributed by atoms with Gasteiger partial charge in [-0.25, -0.2) is 0 Å². The Morgan fingerprint density at radius 3 is 2.00 bits per heavy atom. The predicted molar refractivity (Wildman–Crippen MR) is 57.6 cm³/mol. The van der Waals surface area contributed by atoms with Gasteiger partial charge in [0.05, 0.1) is 0 Å². The van der Waals surface area contributed by atoms with E-state index in [-0.39, 0.29) is 12.4 Å². The molecule has 0 aromatic carbocycles. The van der Waals surface area contributed by atoms with E-state index in [4.69, 9.17) is 22.5 Å². The van der Waals surface area contributed by atoms with E-state index in [2.05, 4.69) is 9.99 Å². The van der Waals surface area contributed by atoms with Crippen LogP contribution in [-0.2, 0) is 0 Å². The molecule has 0 aliphatic carbocycles. The molecule has 6 heteroatoms. The van der Waals surface area contributed by atoms with Gasteiger partial charge in [0.1, 0.15) is 0 Å². The molecule has 1 aliphatic rings. The normalized spacial score (nSPS) is 22.5. The van der Waals surface area contributed by atoms with Gasteiger partial charge in [-0.15, -0.1) is 12.4 Å². The van der Waals surface area contributed by atoms with E-state index in [1.54, 1.807) is 0 Å². The number of piperazine rings is 1. The second-order valence-electron chi connectivity index (χ2n) is 2.58. The third kappa shape index (κ3) is 4.12. The summed E-state index contributed by atoms with van der Waals surface area (Å²) in [6, 6.07) is 0. The number of hydrogen-bond acceptors (Lipinski definition) is 2. The molecule has 70 valence electrons. The topological polar surface area (TPSA) is 15.3 Å². The molecule has 1 saturated heterocycles. The first-order valence-electron chi connectivity index (χ1n) is 3.44. The van der Waals surface area contributed by atoms with Crippen molar-refractivity contribution in [3.05, 3.63) is 0 Å². The molecule has 1 heterocycles. The molecule has 0 aromatic rings. The molecule has 0 unspecified atom stereocenters. The summed E-state index contributed by atoms with van der Waals surface area (Å²) in [5, 5.41) is 3.25. The maximum Gasteiger partial charge on any atom is -0.147 e. The Hall–Kier alpha value is 1.22. The van der Waals surface area contributed by atoms with Crippen LogP contribution in [0, 0.1) is 0 Å². The average molecular weight is 240 g/mol. The molecule has 0 radical (unpaired) electrons. The molecule has 0 amide bonds. The molecule has 1 fully saturated rings. The van der Waals surface area contributed by atoms with Crippen LogP contribution in [-0.4, -0.2) is 37.5 Å². The Kier molecular flexibility index (Phi) is 5.62. The van der Waals surface area contributed by atoms with Crippen LogP contribution in [0.25, 0.3) is 0 Å². The Morgan fingerprint density at radius 2 is 1.73 bits per heavy atom. The van der Waals surface area contributed by atoms with Crippen molar-refractivity contribution in [2.24, 2.45) is 0 Å². The van der Waals surface area contributed by atoms with E-state index in [0.717, 1.165) is 26.2 Å². The van der Waals surface area contributed by atoms with Gasteiger partial charge in [0.25, 0.3) is 0 Å². The van der Waals surface area contributed by atoms with Crippen LogP contribution in [0.5, 0.6) is 0 Å². The fourth-order valence-electron chi connectivity index (χ4n) is 1.06. The van der Waals surface area contributed by atoms with Gasteiger partial charge in [-0.05, 0) is 0 Å². The molecule has 0 atom stereocenters. The molecule has 2 nitrogen and oxygen atoms in total. The molecule has 0 aromatic heterocycles. The quantitative estimate of drug-likeness (QED) is 0.703. The predicted octanol–water partition coefficient (Wildman–Crippen LogP) is 1.92. The summed E-state index contributed by atoms with van der Waals surface area (Å²) in [6.45, 7) is 5.97. The second-order valence-corrected chi connectivity index (χ2v) is 9.89. The molecule has 1 N–H and O–H groups in total. The summed E-state index contributed by atoms with van der Waals surface area (Å²) >= 11 is 12.0. The Balaban J connectivity index is 0.000001000. The fourth-order valence-corrected chi connectivity index (χ4v) is 3.08. The van der Waals surface area contributed by atoms with E-state index >= 15 is 0 Å². The zero-order chi connectivity index (χ0) is 7.61. The van der Waals surface area contributed by atoms with Crippen LogP contribution in [0.4, 0.5) is 0 Å². The maximum atomic E-state index is 6.01. The summed E-state index contributed by atoms with van der Waals surface area (Å²) in [5.74, 6) is 0. The first kappa shape index (κ1) is 12.2. The van der Waals surface area contributed by atoms with Crippen molar-refractivity contribution in [2.45, 2.75) is 0 Å². The van der Waals surface area contributed by atoms with Gasteiger partial charge >= 0.3 is 71.4 Å².